The number of ether oxygens (including phenoxy) is 4. The van der Waals surface area contributed by atoms with Crippen LogP contribution in [-0.4, -0.2) is 82.3 Å². The van der Waals surface area contributed by atoms with Crippen LogP contribution in [0.25, 0.3) is 0 Å². The molecule has 0 bridgehead atoms. The number of carbonyl (C=O) groups is 3. The highest BCUT2D eigenvalue weighted by Crippen LogP contribution is 2.14. The zero-order valence-electron chi connectivity index (χ0n) is 41.2. The molecule has 364 valence electrons. The summed E-state index contributed by atoms with van der Waals surface area (Å²) in [6.07, 6.45) is 52.5. The van der Waals surface area contributed by atoms with Gasteiger partial charge in [0, 0.05) is 12.8 Å². The van der Waals surface area contributed by atoms with Crippen molar-refractivity contribution in [2.75, 3.05) is 47.5 Å². The summed E-state index contributed by atoms with van der Waals surface area (Å²) in [4.78, 5) is 37.1. The van der Waals surface area contributed by atoms with Crippen molar-refractivity contribution in [3.05, 3.63) is 60.8 Å². The number of rotatable bonds is 46. The van der Waals surface area contributed by atoms with Crippen molar-refractivity contribution in [3.8, 4) is 0 Å². The minimum atomic E-state index is -1.62. The van der Waals surface area contributed by atoms with Crippen molar-refractivity contribution in [1.82, 2.24) is 0 Å². The van der Waals surface area contributed by atoms with Gasteiger partial charge in [0.05, 0.1) is 40.3 Å². The number of likely N-dealkylation sites (N-methyl/N-ethyl adjacent to an activating group) is 1. The number of esters is 2. The third-order valence-electron chi connectivity index (χ3n) is 10.7. The van der Waals surface area contributed by atoms with Crippen molar-refractivity contribution in [3.63, 3.8) is 0 Å². The summed E-state index contributed by atoms with van der Waals surface area (Å²) in [5.74, 6) is -2.30. The molecular weight excluding hydrogens is 791 g/mol. The van der Waals surface area contributed by atoms with E-state index >= 15 is 0 Å². The lowest BCUT2D eigenvalue weighted by atomic mass is 10.0. The third-order valence-corrected chi connectivity index (χ3v) is 10.7. The summed E-state index contributed by atoms with van der Waals surface area (Å²) in [7, 11) is 5.91. The fourth-order valence-corrected chi connectivity index (χ4v) is 6.81. The number of hydrogen-bond donors (Lipinski definition) is 0. The van der Waals surface area contributed by atoms with Crippen molar-refractivity contribution < 1.29 is 42.9 Å². The molecule has 0 rings (SSSR count). The fourth-order valence-electron chi connectivity index (χ4n) is 6.81. The van der Waals surface area contributed by atoms with Gasteiger partial charge in [-0.25, -0.2) is 0 Å². The molecule has 0 amide bonds. The summed E-state index contributed by atoms with van der Waals surface area (Å²) in [6.45, 7) is 4.61. The van der Waals surface area contributed by atoms with Gasteiger partial charge in [0.2, 0.25) is 0 Å². The molecule has 0 aliphatic heterocycles. The first-order valence-corrected chi connectivity index (χ1v) is 25.4. The number of carboxylic acid groups (broad SMARTS) is 1. The second-order valence-corrected chi connectivity index (χ2v) is 18.1. The van der Waals surface area contributed by atoms with Crippen LogP contribution in [0.3, 0.4) is 0 Å². The molecule has 9 heteroatoms. The molecule has 0 aliphatic carbocycles. The lowest BCUT2D eigenvalue weighted by Gasteiger charge is -2.26. The maximum absolute atomic E-state index is 12.8. The van der Waals surface area contributed by atoms with E-state index in [1.807, 2.05) is 21.1 Å². The molecule has 0 aromatic rings. The Bertz CT molecular complexity index is 1220. The topological polar surface area (TPSA) is 111 Å². The molecule has 0 aromatic carbocycles. The van der Waals surface area contributed by atoms with Gasteiger partial charge in [-0.3, -0.25) is 9.59 Å². The summed E-state index contributed by atoms with van der Waals surface area (Å²) < 4.78 is 22.6. The minimum Gasteiger partial charge on any atom is -0.545 e. The number of carboxylic acids is 1. The van der Waals surface area contributed by atoms with Crippen LogP contribution < -0.4 is 5.11 Å². The first-order valence-electron chi connectivity index (χ1n) is 25.4. The molecule has 0 radical (unpaired) electrons. The first kappa shape index (κ1) is 60.0. The molecule has 0 N–H and O–H groups in total. The van der Waals surface area contributed by atoms with Gasteiger partial charge >= 0.3 is 11.9 Å². The average Bonchev–Trinajstić information content (AvgIpc) is 3.24. The van der Waals surface area contributed by atoms with E-state index in [-0.39, 0.29) is 38.6 Å². The lowest BCUT2D eigenvalue weighted by Crippen LogP contribution is -2.44. The Hall–Kier alpha value is -3.01. The molecular formula is C54H95NO8. The van der Waals surface area contributed by atoms with Crippen LogP contribution in [-0.2, 0) is 33.3 Å². The Balaban J connectivity index is 4.34. The smallest absolute Gasteiger partial charge is 0.306 e. The van der Waals surface area contributed by atoms with Gasteiger partial charge in [-0.1, -0.05) is 177 Å². The summed E-state index contributed by atoms with van der Waals surface area (Å²) in [6, 6.07) is 0. The van der Waals surface area contributed by atoms with Crippen LogP contribution in [0.5, 0.6) is 0 Å². The quantitative estimate of drug-likeness (QED) is 0.0195. The van der Waals surface area contributed by atoms with E-state index in [1.165, 1.54) is 83.5 Å². The van der Waals surface area contributed by atoms with Crippen LogP contribution in [0.2, 0.25) is 0 Å². The second-order valence-electron chi connectivity index (χ2n) is 18.1. The molecule has 63 heavy (non-hydrogen) atoms. The van der Waals surface area contributed by atoms with Gasteiger partial charge in [0.25, 0.3) is 0 Å². The Morgan fingerprint density at radius 3 is 1.37 bits per heavy atom. The summed E-state index contributed by atoms with van der Waals surface area (Å²) in [5.41, 5.74) is 0. The van der Waals surface area contributed by atoms with E-state index in [2.05, 4.69) is 74.6 Å². The SMILES string of the molecule is CC/C=C\C/C=C\C/C=C\C/C=C\CCCCCCCCCCCCC(=O)OC(COC(=O)CCCCCCC/C=C\CCCCCCCC)COC(OCC[N+](C)(C)C)C(=O)[O-]. The number of allylic oxidation sites excluding steroid dienone is 10. The molecule has 0 aliphatic rings. The number of quaternary nitrogens is 1. The van der Waals surface area contributed by atoms with Crippen molar-refractivity contribution in [2.45, 2.75) is 219 Å². The van der Waals surface area contributed by atoms with Crippen molar-refractivity contribution in [1.29, 1.82) is 0 Å². The summed E-state index contributed by atoms with van der Waals surface area (Å²) >= 11 is 0. The molecule has 0 spiro atoms. The van der Waals surface area contributed by atoms with E-state index < -0.39 is 24.3 Å². The molecule has 0 fully saturated rings. The Morgan fingerprint density at radius 1 is 0.492 bits per heavy atom. The zero-order chi connectivity index (χ0) is 46.3. The molecule has 0 heterocycles. The predicted molar refractivity (Wildman–Crippen MR) is 260 cm³/mol. The highest BCUT2D eigenvalue weighted by molar-refractivity contribution is 5.70. The number of unbranched alkanes of at least 4 members (excludes halogenated alkanes) is 21. The van der Waals surface area contributed by atoms with E-state index in [9.17, 15) is 19.5 Å². The van der Waals surface area contributed by atoms with E-state index in [1.54, 1.807) is 0 Å². The molecule has 2 unspecified atom stereocenters. The molecule has 0 saturated heterocycles. The number of aliphatic carboxylic acids is 1. The molecule has 0 aromatic heterocycles. The van der Waals surface area contributed by atoms with Gasteiger partial charge in [0.15, 0.2) is 12.4 Å². The van der Waals surface area contributed by atoms with Crippen molar-refractivity contribution >= 4 is 17.9 Å². The third kappa shape index (κ3) is 46.8. The normalized spacial score (nSPS) is 13.3. The van der Waals surface area contributed by atoms with Crippen LogP contribution >= 0.6 is 0 Å². The average molecular weight is 886 g/mol. The predicted octanol–water partition coefficient (Wildman–Crippen LogP) is 12.8. The maximum atomic E-state index is 12.8. The van der Waals surface area contributed by atoms with Crippen molar-refractivity contribution in [2.24, 2.45) is 0 Å². The Labute approximate surface area is 386 Å². The lowest BCUT2D eigenvalue weighted by molar-refractivity contribution is -0.870. The second kappa shape index (κ2) is 45.6. The fraction of sp³-hybridized carbons (Fsp3) is 0.759. The zero-order valence-corrected chi connectivity index (χ0v) is 41.2. The van der Waals surface area contributed by atoms with E-state index in [0.717, 1.165) is 89.9 Å². The number of hydrogen-bond acceptors (Lipinski definition) is 8. The highest BCUT2D eigenvalue weighted by Gasteiger charge is 2.21. The minimum absolute atomic E-state index is 0.144. The van der Waals surface area contributed by atoms with Gasteiger partial charge < -0.3 is 33.3 Å². The largest absolute Gasteiger partial charge is 0.545 e. The molecule has 2 atom stereocenters. The van der Waals surface area contributed by atoms with Crippen LogP contribution in [0.1, 0.15) is 206 Å². The summed E-state index contributed by atoms with van der Waals surface area (Å²) in [5, 5.41) is 11.7. The maximum Gasteiger partial charge on any atom is 0.306 e. The van der Waals surface area contributed by atoms with Crippen LogP contribution in [0.15, 0.2) is 60.8 Å². The monoisotopic (exact) mass is 886 g/mol. The Morgan fingerprint density at radius 2 is 0.905 bits per heavy atom. The Kier molecular flexibility index (Phi) is 43.4. The van der Waals surface area contributed by atoms with Crippen LogP contribution in [0, 0.1) is 0 Å². The van der Waals surface area contributed by atoms with Crippen LogP contribution in [0.4, 0.5) is 0 Å². The first-order chi connectivity index (χ1) is 30.6. The van der Waals surface area contributed by atoms with E-state index in [0.29, 0.717) is 17.4 Å². The number of carbonyl (C=O) groups excluding carboxylic acids is 3. The van der Waals surface area contributed by atoms with Gasteiger partial charge in [-0.2, -0.15) is 0 Å². The standard InChI is InChI=1S/C54H95NO8/c1-6-8-10-12-14-16-18-20-22-23-24-25-26-27-28-29-31-33-35-37-39-41-43-45-52(57)63-50(49-62-54(53(58)59)60-47-46-55(3,4)5)48-61-51(56)44-42-40-38-36-34-32-30-21-19-17-15-13-11-9-7-2/h8,10,14,16,20-22,24-25,30,50,54H,6-7,9,11-13,15,17-19,23,26-29,31-49H2,1-5H3/b10-8-,16-14-,22-20-,25-24-,30-21-. The number of nitrogens with zero attached hydrogens (tertiary/aromatic N) is 1. The van der Waals surface area contributed by atoms with E-state index in [4.69, 9.17) is 18.9 Å². The van der Waals surface area contributed by atoms with Gasteiger partial charge in [0.1, 0.15) is 13.2 Å². The van der Waals surface area contributed by atoms with Gasteiger partial charge in [-0.15, -0.1) is 0 Å². The highest BCUT2D eigenvalue weighted by atomic mass is 16.7. The molecule has 9 nitrogen and oxygen atoms in total. The molecule has 0 saturated carbocycles. The van der Waals surface area contributed by atoms with Gasteiger partial charge in [-0.05, 0) is 77.0 Å².